The summed E-state index contributed by atoms with van der Waals surface area (Å²) in [5.41, 5.74) is 5.74. The molecule has 0 saturated heterocycles. The molecule has 0 aliphatic heterocycles. The van der Waals surface area contributed by atoms with E-state index in [9.17, 15) is 4.79 Å². The Labute approximate surface area is 166 Å². The normalized spacial score (nSPS) is 11.4. The van der Waals surface area contributed by atoms with Crippen LogP contribution in [0.5, 0.6) is 0 Å². The highest BCUT2D eigenvalue weighted by Gasteiger charge is 2.24. The van der Waals surface area contributed by atoms with E-state index in [1.54, 1.807) is 9.13 Å². The third-order valence-corrected chi connectivity index (χ3v) is 5.21. The summed E-state index contributed by atoms with van der Waals surface area (Å²) in [5.74, 6) is 1.54. The Morgan fingerprint density at radius 1 is 1.00 bits per heavy atom. The molecule has 3 rings (SSSR count). The van der Waals surface area contributed by atoms with Gasteiger partial charge in [0.25, 0.3) is 0 Å². The van der Waals surface area contributed by atoms with E-state index < -0.39 is 0 Å². The summed E-state index contributed by atoms with van der Waals surface area (Å²) in [4.78, 5) is 25.2. The second-order valence-corrected chi connectivity index (χ2v) is 7.46. The summed E-state index contributed by atoms with van der Waals surface area (Å²) in [7, 11) is 0. The van der Waals surface area contributed by atoms with Crippen molar-refractivity contribution in [3.05, 3.63) is 45.1 Å². The summed E-state index contributed by atoms with van der Waals surface area (Å²) in [6, 6.07) is 4.24. The second kappa shape index (κ2) is 7.78. The van der Waals surface area contributed by atoms with E-state index in [4.69, 9.17) is 9.97 Å². The van der Waals surface area contributed by atoms with Crippen molar-refractivity contribution in [3.63, 3.8) is 0 Å². The average Bonchev–Trinajstić information content (AvgIpc) is 2.90. The minimum atomic E-state index is -0.0544. The molecule has 0 spiro atoms. The van der Waals surface area contributed by atoms with E-state index in [1.165, 1.54) is 5.56 Å². The highest BCUT2D eigenvalue weighted by atomic mass is 16.1. The van der Waals surface area contributed by atoms with Gasteiger partial charge < -0.3 is 4.90 Å². The lowest BCUT2D eigenvalue weighted by molar-refractivity contribution is 0.724. The molecule has 0 aliphatic rings. The number of benzene rings is 1. The molecule has 0 unspecified atom stereocenters. The standard InChI is InChI=1S/C22H31N5O/c1-8-11-25(9-2)20-19-21(24-17(7)23-20)27(22(28)26(19)10-3)18-15(5)12-14(4)13-16(18)6/h12-13H,8-11H2,1-7H3. The van der Waals surface area contributed by atoms with E-state index in [-0.39, 0.29) is 5.69 Å². The van der Waals surface area contributed by atoms with Crippen LogP contribution in [-0.4, -0.2) is 32.2 Å². The first-order chi connectivity index (χ1) is 13.3. The van der Waals surface area contributed by atoms with Crippen LogP contribution in [0, 0.1) is 27.7 Å². The van der Waals surface area contributed by atoms with Crippen LogP contribution >= 0.6 is 0 Å². The van der Waals surface area contributed by atoms with Crippen molar-refractivity contribution >= 4 is 17.0 Å². The zero-order chi connectivity index (χ0) is 20.6. The van der Waals surface area contributed by atoms with Crippen molar-refractivity contribution in [3.8, 4) is 5.69 Å². The summed E-state index contributed by atoms with van der Waals surface area (Å²) >= 11 is 0. The molecule has 2 aromatic heterocycles. The predicted molar refractivity (Wildman–Crippen MR) is 116 cm³/mol. The molecule has 0 radical (unpaired) electrons. The average molecular weight is 382 g/mol. The van der Waals surface area contributed by atoms with Crippen molar-refractivity contribution in [1.29, 1.82) is 0 Å². The molecule has 28 heavy (non-hydrogen) atoms. The number of imidazole rings is 1. The van der Waals surface area contributed by atoms with Crippen molar-refractivity contribution in [2.24, 2.45) is 0 Å². The van der Waals surface area contributed by atoms with Crippen molar-refractivity contribution in [2.45, 2.75) is 61.4 Å². The van der Waals surface area contributed by atoms with Gasteiger partial charge in [-0.3, -0.25) is 4.57 Å². The third kappa shape index (κ3) is 3.21. The predicted octanol–water partition coefficient (Wildman–Crippen LogP) is 4.07. The molecule has 6 nitrogen and oxygen atoms in total. The van der Waals surface area contributed by atoms with Crippen LogP contribution in [0.2, 0.25) is 0 Å². The minimum Gasteiger partial charge on any atom is -0.355 e. The molecule has 0 amide bonds. The first-order valence-corrected chi connectivity index (χ1v) is 10.2. The van der Waals surface area contributed by atoms with Crippen molar-refractivity contribution in [1.82, 2.24) is 19.1 Å². The van der Waals surface area contributed by atoms with Gasteiger partial charge in [-0.25, -0.2) is 19.3 Å². The van der Waals surface area contributed by atoms with Crippen molar-refractivity contribution < 1.29 is 0 Å². The Kier molecular flexibility index (Phi) is 5.59. The van der Waals surface area contributed by atoms with Gasteiger partial charge in [0.15, 0.2) is 11.5 Å². The van der Waals surface area contributed by atoms with Crippen LogP contribution < -0.4 is 10.6 Å². The third-order valence-electron chi connectivity index (χ3n) is 5.21. The Morgan fingerprint density at radius 3 is 2.18 bits per heavy atom. The van der Waals surface area contributed by atoms with Crippen molar-refractivity contribution in [2.75, 3.05) is 18.0 Å². The fraction of sp³-hybridized carbons (Fsp3) is 0.500. The maximum Gasteiger partial charge on any atom is 0.335 e. The van der Waals surface area contributed by atoms with Crippen LogP contribution in [0.15, 0.2) is 16.9 Å². The number of fused-ring (bicyclic) bond motifs is 1. The van der Waals surface area contributed by atoms with Gasteiger partial charge in [-0.05, 0) is 59.1 Å². The Morgan fingerprint density at radius 2 is 1.64 bits per heavy atom. The zero-order valence-electron chi connectivity index (χ0n) is 18.1. The number of aryl methyl sites for hydroxylation is 5. The van der Waals surface area contributed by atoms with Crippen LogP contribution in [0.1, 0.15) is 49.7 Å². The van der Waals surface area contributed by atoms with Gasteiger partial charge in [-0.1, -0.05) is 24.6 Å². The molecule has 0 saturated carbocycles. The lowest BCUT2D eigenvalue weighted by atomic mass is 10.1. The summed E-state index contributed by atoms with van der Waals surface area (Å²) in [6.07, 6.45) is 1.02. The molecule has 0 fully saturated rings. The van der Waals surface area contributed by atoms with Gasteiger partial charge in [-0.15, -0.1) is 0 Å². The van der Waals surface area contributed by atoms with Gasteiger partial charge in [0.2, 0.25) is 0 Å². The summed E-state index contributed by atoms with van der Waals surface area (Å²) < 4.78 is 3.59. The summed E-state index contributed by atoms with van der Waals surface area (Å²) in [6.45, 7) is 16.7. The fourth-order valence-corrected chi connectivity index (χ4v) is 4.17. The zero-order valence-corrected chi connectivity index (χ0v) is 18.1. The first-order valence-electron chi connectivity index (χ1n) is 10.2. The number of rotatable bonds is 6. The Bertz CT molecular complexity index is 1050. The quantitative estimate of drug-likeness (QED) is 0.646. The molecule has 0 aliphatic carbocycles. The highest BCUT2D eigenvalue weighted by Crippen LogP contribution is 2.28. The molecule has 3 aromatic rings. The van der Waals surface area contributed by atoms with Gasteiger partial charge in [0, 0.05) is 19.6 Å². The number of nitrogens with zero attached hydrogens (tertiary/aromatic N) is 5. The van der Waals surface area contributed by atoms with Crippen LogP contribution in [-0.2, 0) is 6.54 Å². The lowest BCUT2D eigenvalue weighted by Crippen LogP contribution is -2.26. The number of hydrogen-bond acceptors (Lipinski definition) is 4. The maximum atomic E-state index is 13.5. The van der Waals surface area contributed by atoms with E-state index in [0.29, 0.717) is 18.0 Å². The first kappa shape index (κ1) is 20.1. The SMILES string of the molecule is CCCN(CC)c1nc(C)nc2c1n(CC)c(=O)n2-c1c(C)cc(C)cc1C. The maximum absolute atomic E-state index is 13.5. The topological polar surface area (TPSA) is 56.0 Å². The summed E-state index contributed by atoms with van der Waals surface area (Å²) in [5, 5.41) is 0. The van der Waals surface area contributed by atoms with Crippen LogP contribution in [0.4, 0.5) is 5.82 Å². The molecular weight excluding hydrogens is 350 g/mol. The van der Waals surface area contributed by atoms with E-state index >= 15 is 0 Å². The van der Waals surface area contributed by atoms with E-state index in [1.807, 2.05) is 13.8 Å². The molecule has 0 N–H and O–H groups in total. The van der Waals surface area contributed by atoms with Gasteiger partial charge in [0.05, 0.1) is 5.69 Å². The number of anilines is 1. The Hall–Kier alpha value is -2.63. The van der Waals surface area contributed by atoms with E-state index in [0.717, 1.165) is 47.7 Å². The molecule has 6 heteroatoms. The van der Waals surface area contributed by atoms with Crippen LogP contribution in [0.3, 0.4) is 0 Å². The number of aromatic nitrogens is 4. The lowest BCUT2D eigenvalue weighted by Gasteiger charge is -2.22. The van der Waals surface area contributed by atoms with Gasteiger partial charge in [0.1, 0.15) is 11.3 Å². The molecule has 150 valence electrons. The van der Waals surface area contributed by atoms with E-state index in [2.05, 4.69) is 51.7 Å². The smallest absolute Gasteiger partial charge is 0.335 e. The van der Waals surface area contributed by atoms with Gasteiger partial charge >= 0.3 is 5.69 Å². The molecular formula is C22H31N5O. The molecule has 0 atom stereocenters. The van der Waals surface area contributed by atoms with Crippen LogP contribution in [0.25, 0.3) is 16.9 Å². The highest BCUT2D eigenvalue weighted by molar-refractivity contribution is 5.86. The molecule has 2 heterocycles. The Balaban J connectivity index is 2.47. The monoisotopic (exact) mass is 381 g/mol. The molecule has 1 aromatic carbocycles. The fourth-order valence-electron chi connectivity index (χ4n) is 4.17. The second-order valence-electron chi connectivity index (χ2n) is 7.46. The largest absolute Gasteiger partial charge is 0.355 e. The number of hydrogen-bond donors (Lipinski definition) is 0. The minimum absolute atomic E-state index is 0.0544. The molecule has 0 bridgehead atoms. The van der Waals surface area contributed by atoms with Gasteiger partial charge in [-0.2, -0.15) is 0 Å².